The summed E-state index contributed by atoms with van der Waals surface area (Å²) in [6.45, 7) is 3.88. The number of aryl methyl sites for hydroxylation is 2. The van der Waals surface area contributed by atoms with Crippen LogP contribution in [0.4, 0.5) is 17.3 Å². The molecule has 0 aliphatic heterocycles. The van der Waals surface area contributed by atoms with Gasteiger partial charge in [-0.25, -0.2) is 18.4 Å². The third-order valence-corrected chi connectivity index (χ3v) is 5.54. The first-order valence-electron chi connectivity index (χ1n) is 9.96. The zero-order valence-electron chi connectivity index (χ0n) is 19.0. The van der Waals surface area contributed by atoms with Crippen LogP contribution in [0.5, 0.6) is 5.75 Å². The van der Waals surface area contributed by atoms with Crippen LogP contribution in [0, 0.1) is 6.92 Å². The maximum absolute atomic E-state index is 12.2. The maximum Gasteiger partial charge on any atom is 0.222 e. The summed E-state index contributed by atoms with van der Waals surface area (Å²) in [5.74, 6) is 0.591. The molecule has 0 aliphatic carbocycles. The Kier molecular flexibility index (Phi) is 7.29. The van der Waals surface area contributed by atoms with Gasteiger partial charge in [-0.05, 0) is 13.0 Å². The molecule has 3 aromatic rings. The lowest BCUT2D eigenvalue weighted by Gasteiger charge is -2.14. The molecule has 0 saturated heterocycles. The van der Waals surface area contributed by atoms with E-state index in [1.54, 1.807) is 30.1 Å². The molecule has 0 spiro atoms. The minimum absolute atomic E-state index is 0.147. The molecule has 3 heterocycles. The average molecular weight is 475 g/mol. The van der Waals surface area contributed by atoms with Crippen molar-refractivity contribution in [3.05, 3.63) is 36.2 Å². The largest absolute Gasteiger partial charge is 0.491 e. The lowest BCUT2D eigenvalue weighted by Crippen LogP contribution is -2.09. The van der Waals surface area contributed by atoms with Crippen LogP contribution in [-0.2, 0) is 26.4 Å². The molecule has 3 aromatic heterocycles. The number of hydrogen-bond acceptors (Lipinski definition) is 9. The summed E-state index contributed by atoms with van der Waals surface area (Å²) < 4.78 is 36.7. The predicted octanol–water partition coefficient (Wildman–Crippen LogP) is 2.32. The normalized spacial score (nSPS) is 11.3. The third kappa shape index (κ3) is 6.26. The molecule has 0 aromatic carbocycles. The first-order valence-corrected chi connectivity index (χ1v) is 11.9. The molecule has 0 atom stereocenters. The number of pyridine rings is 2. The van der Waals surface area contributed by atoms with Crippen LogP contribution >= 0.6 is 0 Å². The quantitative estimate of drug-likeness (QED) is 0.448. The molecule has 1 amide bonds. The van der Waals surface area contributed by atoms with Crippen molar-refractivity contribution in [2.75, 3.05) is 37.2 Å². The Balaban J connectivity index is 2.07. The number of hydrogen-bond donors (Lipinski definition) is 2. The fourth-order valence-corrected chi connectivity index (χ4v) is 3.50. The van der Waals surface area contributed by atoms with Gasteiger partial charge in [-0.15, -0.1) is 0 Å². The summed E-state index contributed by atoms with van der Waals surface area (Å²) in [5.41, 5.74) is 2.75. The van der Waals surface area contributed by atoms with E-state index < -0.39 is 9.84 Å². The zero-order valence-corrected chi connectivity index (χ0v) is 19.9. The summed E-state index contributed by atoms with van der Waals surface area (Å²) in [4.78, 5) is 20.0. The Morgan fingerprint density at radius 2 is 1.91 bits per heavy atom. The summed E-state index contributed by atoms with van der Waals surface area (Å²) in [6.07, 6.45) is 2.65. The standard InChI is InChI=1S/C21H26N6O5S/c1-13-8-18(26-27(13)3)16-12-22-19(23-14(2)28)11-17(16)24-20-9-15(32-7-6-31-4)10-21(25-20)33(5,29)30/h8-12H,6-7H2,1-5H3,(H2,22,23,24,25,28). The Morgan fingerprint density at radius 3 is 2.52 bits per heavy atom. The van der Waals surface area contributed by atoms with Crippen LogP contribution in [0.25, 0.3) is 11.3 Å². The molecular weight excluding hydrogens is 448 g/mol. The molecule has 0 saturated carbocycles. The Morgan fingerprint density at radius 1 is 1.15 bits per heavy atom. The number of rotatable bonds is 9. The SMILES string of the molecule is COCCOc1cc(Nc2cc(NC(C)=O)ncc2-c2cc(C)n(C)n2)nc(S(C)(=O)=O)c1. The van der Waals surface area contributed by atoms with Gasteiger partial charge >= 0.3 is 0 Å². The highest BCUT2D eigenvalue weighted by Gasteiger charge is 2.17. The van der Waals surface area contributed by atoms with E-state index in [-0.39, 0.29) is 23.4 Å². The fourth-order valence-electron chi connectivity index (χ4n) is 2.90. The highest BCUT2D eigenvalue weighted by Crippen LogP contribution is 2.32. The number of nitrogens with zero attached hydrogens (tertiary/aromatic N) is 4. The smallest absolute Gasteiger partial charge is 0.222 e. The van der Waals surface area contributed by atoms with Crippen molar-refractivity contribution in [3.63, 3.8) is 0 Å². The Labute approximate surface area is 192 Å². The second-order valence-corrected chi connectivity index (χ2v) is 9.32. The number of methoxy groups -OCH3 is 1. The van der Waals surface area contributed by atoms with Crippen molar-refractivity contribution in [1.29, 1.82) is 0 Å². The maximum atomic E-state index is 12.2. The van der Waals surface area contributed by atoms with Gasteiger partial charge in [0.1, 0.15) is 24.0 Å². The Hall–Kier alpha value is -3.51. The van der Waals surface area contributed by atoms with E-state index in [0.29, 0.717) is 35.1 Å². The van der Waals surface area contributed by atoms with Crippen molar-refractivity contribution >= 4 is 33.1 Å². The first-order chi connectivity index (χ1) is 15.6. The van der Waals surface area contributed by atoms with Gasteiger partial charge in [0, 0.05) is 63.0 Å². The molecule has 0 radical (unpaired) electrons. The minimum atomic E-state index is -3.61. The summed E-state index contributed by atoms with van der Waals surface area (Å²) in [5, 5.41) is 10.1. The van der Waals surface area contributed by atoms with Gasteiger partial charge in [0.2, 0.25) is 5.91 Å². The van der Waals surface area contributed by atoms with Gasteiger partial charge in [0.25, 0.3) is 0 Å². The van der Waals surface area contributed by atoms with Crippen LogP contribution in [0.1, 0.15) is 12.6 Å². The fraction of sp³-hybridized carbons (Fsp3) is 0.333. The Bertz CT molecular complexity index is 1250. The number of carbonyl (C=O) groups excluding carboxylic acids is 1. The van der Waals surface area contributed by atoms with Gasteiger partial charge in [-0.3, -0.25) is 9.48 Å². The van der Waals surface area contributed by atoms with Crippen molar-refractivity contribution in [3.8, 4) is 17.0 Å². The van der Waals surface area contributed by atoms with E-state index in [9.17, 15) is 13.2 Å². The van der Waals surface area contributed by atoms with Crippen molar-refractivity contribution < 1.29 is 22.7 Å². The predicted molar refractivity (Wildman–Crippen MR) is 123 cm³/mol. The lowest BCUT2D eigenvalue weighted by molar-refractivity contribution is -0.114. The molecule has 11 nitrogen and oxygen atoms in total. The van der Waals surface area contributed by atoms with Gasteiger partial charge in [0.15, 0.2) is 14.9 Å². The third-order valence-electron chi connectivity index (χ3n) is 4.57. The highest BCUT2D eigenvalue weighted by atomic mass is 32.2. The number of nitrogens with one attached hydrogen (secondary N) is 2. The van der Waals surface area contributed by atoms with Crippen LogP contribution in [0.2, 0.25) is 0 Å². The molecular formula is C21H26N6O5S. The molecule has 0 fully saturated rings. The molecule has 33 heavy (non-hydrogen) atoms. The highest BCUT2D eigenvalue weighted by molar-refractivity contribution is 7.90. The molecule has 176 valence electrons. The number of amides is 1. The number of ether oxygens (including phenoxy) is 2. The van der Waals surface area contributed by atoms with E-state index in [4.69, 9.17) is 9.47 Å². The van der Waals surface area contributed by atoms with Gasteiger partial charge in [0.05, 0.1) is 18.0 Å². The number of anilines is 3. The van der Waals surface area contributed by atoms with Gasteiger partial charge in [-0.2, -0.15) is 5.10 Å². The summed E-state index contributed by atoms with van der Waals surface area (Å²) >= 11 is 0. The molecule has 0 aliphatic rings. The number of sulfone groups is 1. The monoisotopic (exact) mass is 474 g/mol. The first kappa shape index (κ1) is 24.1. The van der Waals surface area contributed by atoms with E-state index >= 15 is 0 Å². The van der Waals surface area contributed by atoms with Crippen LogP contribution in [-0.4, -0.2) is 60.7 Å². The molecule has 12 heteroatoms. The van der Waals surface area contributed by atoms with Crippen molar-refractivity contribution in [1.82, 2.24) is 19.7 Å². The second kappa shape index (κ2) is 9.96. The van der Waals surface area contributed by atoms with E-state index in [1.165, 1.54) is 13.0 Å². The average Bonchev–Trinajstić information content (AvgIpc) is 3.05. The van der Waals surface area contributed by atoms with Crippen LogP contribution in [0.3, 0.4) is 0 Å². The summed E-state index contributed by atoms with van der Waals surface area (Å²) in [6, 6.07) is 6.45. The van der Waals surface area contributed by atoms with Crippen LogP contribution < -0.4 is 15.4 Å². The topological polar surface area (TPSA) is 137 Å². The number of aromatic nitrogens is 4. The van der Waals surface area contributed by atoms with Crippen molar-refractivity contribution in [2.24, 2.45) is 7.05 Å². The zero-order chi connectivity index (χ0) is 24.2. The molecule has 0 unspecified atom stereocenters. The number of carbonyl (C=O) groups is 1. The second-order valence-electron chi connectivity index (χ2n) is 7.36. The van der Waals surface area contributed by atoms with Gasteiger partial charge in [-0.1, -0.05) is 0 Å². The molecule has 2 N–H and O–H groups in total. The van der Waals surface area contributed by atoms with Crippen LogP contribution in [0.15, 0.2) is 35.5 Å². The molecule has 0 bridgehead atoms. The van der Waals surface area contributed by atoms with Crippen molar-refractivity contribution in [2.45, 2.75) is 18.9 Å². The molecule has 3 rings (SSSR count). The van der Waals surface area contributed by atoms with Gasteiger partial charge < -0.3 is 20.1 Å². The summed E-state index contributed by atoms with van der Waals surface area (Å²) in [7, 11) is -0.238. The van der Waals surface area contributed by atoms with E-state index in [0.717, 1.165) is 11.9 Å². The minimum Gasteiger partial charge on any atom is -0.491 e. The van der Waals surface area contributed by atoms with E-state index in [1.807, 2.05) is 20.0 Å². The van der Waals surface area contributed by atoms with E-state index in [2.05, 4.69) is 25.7 Å². The lowest BCUT2D eigenvalue weighted by atomic mass is 10.1.